The van der Waals surface area contributed by atoms with Crippen molar-refractivity contribution in [2.45, 2.75) is 13.3 Å². The van der Waals surface area contributed by atoms with Crippen molar-refractivity contribution < 1.29 is 0 Å². The van der Waals surface area contributed by atoms with Crippen LogP contribution in [0.15, 0.2) is 36.0 Å². The fraction of sp³-hybridized carbons (Fsp3) is 0.250. The van der Waals surface area contributed by atoms with Crippen LogP contribution >= 0.6 is 0 Å². The van der Waals surface area contributed by atoms with Gasteiger partial charge in [0.2, 0.25) is 0 Å². The lowest BCUT2D eigenvalue weighted by atomic mass is 10.4. The van der Waals surface area contributed by atoms with Crippen LogP contribution in [0.1, 0.15) is 13.3 Å². The Morgan fingerprint density at radius 1 is 1.50 bits per heavy atom. The monoisotopic (exact) mass is 106 g/mol. The maximum Gasteiger partial charge on any atom is -0.0256 e. The zero-order valence-corrected chi connectivity index (χ0v) is 5.09. The average molecular weight is 106 g/mol. The summed E-state index contributed by atoms with van der Waals surface area (Å²) in [4.78, 5) is 0. The normalized spacial score (nSPS) is 15.4. The molecular formula is C8H10. The fourth-order valence-electron chi connectivity index (χ4n) is 0.474. The molecule has 0 unspecified atom stereocenters. The summed E-state index contributed by atoms with van der Waals surface area (Å²) in [7, 11) is 0. The molecule has 0 aromatic rings. The summed E-state index contributed by atoms with van der Waals surface area (Å²) in [5, 5.41) is 0. The van der Waals surface area contributed by atoms with E-state index in [1.165, 1.54) is 5.57 Å². The van der Waals surface area contributed by atoms with Gasteiger partial charge in [-0.25, -0.2) is 0 Å². The van der Waals surface area contributed by atoms with E-state index in [4.69, 9.17) is 0 Å². The van der Waals surface area contributed by atoms with Gasteiger partial charge in [0.05, 0.1) is 0 Å². The smallest absolute Gasteiger partial charge is 0.0256 e. The van der Waals surface area contributed by atoms with Crippen LogP contribution in [-0.4, -0.2) is 0 Å². The highest BCUT2D eigenvalue weighted by molar-refractivity contribution is 5.48. The Bertz CT molecular complexity index is 139. The molecule has 0 aliphatic heterocycles. The van der Waals surface area contributed by atoms with Crippen LogP contribution in [0, 0.1) is 0 Å². The molecule has 8 heavy (non-hydrogen) atoms. The Kier molecular flexibility index (Phi) is 1.68. The molecule has 0 aromatic heterocycles. The summed E-state index contributed by atoms with van der Waals surface area (Å²) < 4.78 is 0. The van der Waals surface area contributed by atoms with Crippen molar-refractivity contribution in [2.75, 3.05) is 0 Å². The molecule has 0 N–H and O–H groups in total. The molecule has 0 nitrogen and oxygen atoms in total. The zero-order chi connectivity index (χ0) is 5.82. The van der Waals surface area contributed by atoms with E-state index in [1.54, 1.807) is 0 Å². The highest BCUT2D eigenvalue weighted by Crippen LogP contribution is 2.12. The lowest BCUT2D eigenvalue weighted by molar-refractivity contribution is 1.22. The molecule has 0 radical (unpaired) electrons. The van der Waals surface area contributed by atoms with Crippen LogP contribution in [0.5, 0.6) is 0 Å². The van der Waals surface area contributed by atoms with E-state index >= 15 is 0 Å². The highest BCUT2D eigenvalue weighted by atomic mass is 14.0. The predicted molar refractivity (Wildman–Crippen MR) is 36.7 cm³/mol. The molecule has 0 aromatic carbocycles. The minimum absolute atomic E-state index is 1.13. The molecule has 0 saturated heterocycles. The van der Waals surface area contributed by atoms with Gasteiger partial charge in [-0.2, -0.15) is 0 Å². The quantitative estimate of drug-likeness (QED) is 0.507. The second kappa shape index (κ2) is 2.51. The summed E-state index contributed by atoms with van der Waals surface area (Å²) in [5.74, 6) is 0. The minimum atomic E-state index is 1.13. The first-order valence-corrected chi connectivity index (χ1v) is 2.98. The molecule has 0 fully saturated rings. The largest absolute Gasteiger partial charge is 0.0848 e. The molecule has 1 rings (SSSR count). The Morgan fingerprint density at radius 2 is 2.25 bits per heavy atom. The first kappa shape index (κ1) is 5.36. The van der Waals surface area contributed by atoms with Crippen LogP contribution in [0.2, 0.25) is 0 Å². The lowest BCUT2D eigenvalue weighted by Crippen LogP contribution is -1.51. The number of hydrogen-bond acceptors (Lipinski definition) is 0. The van der Waals surface area contributed by atoms with Crippen molar-refractivity contribution in [3.8, 4) is 0 Å². The molecule has 1 aliphatic rings. The summed E-state index contributed by atoms with van der Waals surface area (Å²) in [6, 6.07) is 0. The molecule has 0 bridgehead atoms. The summed E-state index contributed by atoms with van der Waals surface area (Å²) in [6.45, 7) is 2.13. The van der Waals surface area contributed by atoms with E-state index in [9.17, 15) is 0 Å². The highest BCUT2D eigenvalue weighted by Gasteiger charge is 1.92. The van der Waals surface area contributed by atoms with Crippen molar-refractivity contribution in [3.05, 3.63) is 36.0 Å². The molecule has 0 heterocycles. The first-order chi connectivity index (χ1) is 3.93. The van der Waals surface area contributed by atoms with Crippen LogP contribution in [-0.2, 0) is 0 Å². The van der Waals surface area contributed by atoms with Crippen molar-refractivity contribution in [1.82, 2.24) is 0 Å². The Hall–Kier alpha value is -0.780. The van der Waals surface area contributed by atoms with E-state index in [0.29, 0.717) is 0 Å². The standard InChI is InChI=1S/C8H10/c1-2-3-4-5-8-6-7-8/h3-7H,2H2,1H3/b4-3-. The van der Waals surface area contributed by atoms with E-state index < -0.39 is 0 Å². The Labute approximate surface area is 50.2 Å². The van der Waals surface area contributed by atoms with E-state index in [1.807, 2.05) is 0 Å². The van der Waals surface area contributed by atoms with Gasteiger partial charge in [-0.3, -0.25) is 0 Å². The number of hydrogen-bond donors (Lipinski definition) is 0. The topological polar surface area (TPSA) is 0 Å². The predicted octanol–water partition coefficient (Wildman–Crippen LogP) is 2.45. The molecule has 0 saturated carbocycles. The van der Waals surface area contributed by atoms with Crippen LogP contribution in [0.3, 0.4) is 0 Å². The Morgan fingerprint density at radius 3 is 2.75 bits per heavy atom. The van der Waals surface area contributed by atoms with Crippen molar-refractivity contribution >= 4 is 0 Å². The third kappa shape index (κ3) is 1.78. The molecule has 0 spiro atoms. The van der Waals surface area contributed by atoms with Crippen molar-refractivity contribution in [3.63, 3.8) is 0 Å². The lowest BCUT2D eigenvalue weighted by Gasteiger charge is -1.71. The van der Waals surface area contributed by atoms with Gasteiger partial charge in [0.25, 0.3) is 0 Å². The molecule has 0 amide bonds. The van der Waals surface area contributed by atoms with Crippen LogP contribution < -0.4 is 0 Å². The van der Waals surface area contributed by atoms with Gasteiger partial charge in [0.1, 0.15) is 0 Å². The average Bonchev–Trinajstić information content (AvgIpc) is 2.51. The van der Waals surface area contributed by atoms with Gasteiger partial charge < -0.3 is 0 Å². The molecule has 0 atom stereocenters. The van der Waals surface area contributed by atoms with Crippen molar-refractivity contribution in [2.24, 2.45) is 0 Å². The molecule has 1 aliphatic carbocycles. The summed E-state index contributed by atoms with van der Waals surface area (Å²) in [6.07, 6.45) is 11.7. The van der Waals surface area contributed by atoms with Gasteiger partial charge >= 0.3 is 0 Å². The Balaban J connectivity index is 2.20. The van der Waals surface area contributed by atoms with Crippen LogP contribution in [0.25, 0.3) is 0 Å². The van der Waals surface area contributed by atoms with E-state index in [0.717, 1.165) is 6.42 Å². The third-order valence-corrected chi connectivity index (χ3v) is 1.02. The second-order valence-corrected chi connectivity index (χ2v) is 1.84. The van der Waals surface area contributed by atoms with Crippen LogP contribution in [0.4, 0.5) is 0 Å². The van der Waals surface area contributed by atoms with E-state index in [2.05, 4.69) is 37.3 Å². The molecular weight excluding hydrogens is 96.1 g/mol. The van der Waals surface area contributed by atoms with Gasteiger partial charge in [-0.15, -0.1) is 0 Å². The summed E-state index contributed by atoms with van der Waals surface area (Å²) >= 11 is 0. The number of allylic oxidation sites excluding steroid dienone is 6. The molecule has 0 heteroatoms. The second-order valence-electron chi connectivity index (χ2n) is 1.84. The van der Waals surface area contributed by atoms with Gasteiger partial charge in [-0.1, -0.05) is 37.3 Å². The molecule has 42 valence electrons. The third-order valence-electron chi connectivity index (χ3n) is 1.02. The minimum Gasteiger partial charge on any atom is -0.0848 e. The summed E-state index contributed by atoms with van der Waals surface area (Å²) in [5.41, 5.74) is 1.36. The van der Waals surface area contributed by atoms with E-state index in [-0.39, 0.29) is 0 Å². The fourth-order valence-corrected chi connectivity index (χ4v) is 0.474. The van der Waals surface area contributed by atoms with Crippen molar-refractivity contribution in [1.29, 1.82) is 0 Å². The van der Waals surface area contributed by atoms with Gasteiger partial charge in [0, 0.05) is 0 Å². The van der Waals surface area contributed by atoms with Gasteiger partial charge in [0.15, 0.2) is 0 Å². The first-order valence-electron chi connectivity index (χ1n) is 2.98. The number of rotatable bonds is 2. The maximum absolute atomic E-state index is 2.15. The van der Waals surface area contributed by atoms with Gasteiger partial charge in [-0.05, 0) is 12.0 Å². The zero-order valence-electron chi connectivity index (χ0n) is 5.09. The SMILES string of the molecule is CC/C=C\C=C1C=C1. The maximum atomic E-state index is 2.15.